The Labute approximate surface area is 116 Å². The first-order valence-corrected chi connectivity index (χ1v) is 6.46. The van der Waals surface area contributed by atoms with Crippen molar-refractivity contribution >= 4 is 17.9 Å². The normalized spacial score (nSPS) is 18.5. The highest BCUT2D eigenvalue weighted by atomic mass is 16.5. The maximum atomic E-state index is 11.2. The molecule has 0 saturated carbocycles. The first-order valence-electron chi connectivity index (χ1n) is 6.46. The van der Waals surface area contributed by atoms with Gasteiger partial charge in [-0.15, -0.1) is 0 Å². The van der Waals surface area contributed by atoms with Crippen LogP contribution >= 0.6 is 0 Å². The monoisotopic (exact) mass is 282 g/mol. The summed E-state index contributed by atoms with van der Waals surface area (Å²) in [5.41, 5.74) is -0.00404. The molecule has 0 amide bonds. The van der Waals surface area contributed by atoms with Crippen molar-refractivity contribution in [1.82, 2.24) is 0 Å². The molecule has 0 aliphatic heterocycles. The third kappa shape index (κ3) is 4.22. The summed E-state index contributed by atoms with van der Waals surface area (Å²) < 4.78 is 4.82. The number of hydrogen-bond donors (Lipinski definition) is 2. The topological polar surface area (TPSA) is 101 Å². The van der Waals surface area contributed by atoms with Crippen LogP contribution in [0.25, 0.3) is 0 Å². The summed E-state index contributed by atoms with van der Waals surface area (Å²) in [7, 11) is 0. The molecule has 0 aromatic heterocycles. The van der Waals surface area contributed by atoms with Crippen molar-refractivity contribution in [2.24, 2.45) is 5.92 Å². The molecule has 0 bridgehead atoms. The molecule has 0 saturated heterocycles. The van der Waals surface area contributed by atoms with Gasteiger partial charge in [0.1, 0.15) is 0 Å². The van der Waals surface area contributed by atoms with E-state index in [0.717, 1.165) is 6.08 Å². The molecule has 0 aromatic carbocycles. The number of carboxylic acids is 2. The molecule has 2 N–H and O–H groups in total. The summed E-state index contributed by atoms with van der Waals surface area (Å²) in [6.45, 7) is 3.45. The Morgan fingerprint density at radius 3 is 2.55 bits per heavy atom. The summed E-state index contributed by atoms with van der Waals surface area (Å²) in [6, 6.07) is 0. The molecule has 6 heteroatoms. The van der Waals surface area contributed by atoms with Crippen molar-refractivity contribution in [1.29, 1.82) is 0 Å². The van der Waals surface area contributed by atoms with Gasteiger partial charge in [-0.1, -0.05) is 6.58 Å². The number of carbonyl (C=O) groups excluding carboxylic acids is 1. The Morgan fingerprint density at radius 1 is 1.30 bits per heavy atom. The number of ether oxygens (including phenoxy) is 1. The average molecular weight is 282 g/mol. The molecular formula is C14H18O6. The number of hydrogen-bond acceptors (Lipinski definition) is 4. The van der Waals surface area contributed by atoms with Gasteiger partial charge in [-0.05, 0) is 38.0 Å². The SMILES string of the molecule is C=CC(=O)OCCCC1CCCC(C(=O)O)=C1C(=O)O. The molecule has 6 nitrogen and oxygen atoms in total. The van der Waals surface area contributed by atoms with Crippen LogP contribution in [0.1, 0.15) is 32.1 Å². The van der Waals surface area contributed by atoms with Crippen molar-refractivity contribution < 1.29 is 29.3 Å². The van der Waals surface area contributed by atoms with Gasteiger partial charge in [-0.3, -0.25) is 0 Å². The van der Waals surface area contributed by atoms with Gasteiger partial charge in [0.2, 0.25) is 0 Å². The van der Waals surface area contributed by atoms with Crippen molar-refractivity contribution in [3.8, 4) is 0 Å². The Balaban J connectivity index is 2.66. The first kappa shape index (κ1) is 15.9. The molecule has 1 atom stereocenters. The molecule has 1 unspecified atom stereocenters. The molecule has 110 valence electrons. The van der Waals surface area contributed by atoms with E-state index in [0.29, 0.717) is 32.1 Å². The van der Waals surface area contributed by atoms with Gasteiger partial charge < -0.3 is 14.9 Å². The minimum absolute atomic E-state index is 0.00111. The molecule has 0 spiro atoms. The van der Waals surface area contributed by atoms with Gasteiger partial charge in [-0.25, -0.2) is 14.4 Å². The lowest BCUT2D eigenvalue weighted by Gasteiger charge is -2.24. The summed E-state index contributed by atoms with van der Waals surface area (Å²) >= 11 is 0. The van der Waals surface area contributed by atoms with E-state index < -0.39 is 17.9 Å². The zero-order valence-electron chi connectivity index (χ0n) is 11.1. The predicted octanol–water partition coefficient (Wildman–Crippen LogP) is 1.76. The van der Waals surface area contributed by atoms with E-state index in [2.05, 4.69) is 6.58 Å². The Hall–Kier alpha value is -2.11. The van der Waals surface area contributed by atoms with Crippen LogP contribution in [-0.4, -0.2) is 34.7 Å². The van der Waals surface area contributed by atoms with E-state index in [1.54, 1.807) is 0 Å². The largest absolute Gasteiger partial charge is 0.478 e. The van der Waals surface area contributed by atoms with Crippen LogP contribution < -0.4 is 0 Å². The molecule has 1 aliphatic rings. The maximum absolute atomic E-state index is 11.2. The van der Waals surface area contributed by atoms with Crippen molar-refractivity contribution in [2.75, 3.05) is 6.61 Å². The minimum atomic E-state index is -1.17. The Kier molecular flexibility index (Phi) is 5.96. The van der Waals surface area contributed by atoms with E-state index in [9.17, 15) is 19.5 Å². The molecule has 1 aliphatic carbocycles. The first-order chi connectivity index (χ1) is 9.47. The molecule has 0 fully saturated rings. The second-order valence-electron chi connectivity index (χ2n) is 4.61. The smallest absolute Gasteiger partial charge is 0.332 e. The Bertz CT molecular complexity index is 449. The summed E-state index contributed by atoms with van der Waals surface area (Å²) in [5.74, 6) is -3.15. The average Bonchev–Trinajstić information content (AvgIpc) is 2.42. The maximum Gasteiger partial charge on any atom is 0.332 e. The zero-order valence-corrected chi connectivity index (χ0v) is 11.1. The number of carbonyl (C=O) groups is 3. The van der Waals surface area contributed by atoms with E-state index in [1.165, 1.54) is 0 Å². The number of esters is 1. The fourth-order valence-electron chi connectivity index (χ4n) is 2.43. The molecule has 0 heterocycles. The summed E-state index contributed by atoms with van der Waals surface area (Å²) in [5, 5.41) is 18.2. The molecular weight excluding hydrogens is 264 g/mol. The lowest BCUT2D eigenvalue weighted by molar-refractivity contribution is -0.138. The van der Waals surface area contributed by atoms with Crippen molar-refractivity contribution in [3.05, 3.63) is 23.8 Å². The molecule has 0 radical (unpaired) electrons. The fourth-order valence-corrected chi connectivity index (χ4v) is 2.43. The van der Waals surface area contributed by atoms with Crippen LogP contribution in [0, 0.1) is 5.92 Å². The van der Waals surface area contributed by atoms with Crippen LogP contribution in [0.5, 0.6) is 0 Å². The summed E-state index contributed by atoms with van der Waals surface area (Å²) in [6.07, 6.45) is 3.64. The molecule has 1 rings (SSSR count). The zero-order chi connectivity index (χ0) is 15.1. The van der Waals surface area contributed by atoms with Crippen molar-refractivity contribution in [2.45, 2.75) is 32.1 Å². The van der Waals surface area contributed by atoms with Gasteiger partial charge in [0.15, 0.2) is 0 Å². The predicted molar refractivity (Wildman–Crippen MR) is 70.0 cm³/mol. The number of carboxylic acid groups (broad SMARTS) is 2. The quantitative estimate of drug-likeness (QED) is 0.419. The Morgan fingerprint density at radius 2 is 2.00 bits per heavy atom. The van der Waals surface area contributed by atoms with Crippen molar-refractivity contribution in [3.63, 3.8) is 0 Å². The number of aliphatic carboxylic acids is 2. The van der Waals surface area contributed by atoms with E-state index >= 15 is 0 Å². The van der Waals surface area contributed by atoms with Gasteiger partial charge in [0, 0.05) is 11.6 Å². The van der Waals surface area contributed by atoms with E-state index in [4.69, 9.17) is 9.84 Å². The van der Waals surface area contributed by atoms with Crippen LogP contribution in [0.4, 0.5) is 0 Å². The number of rotatable bonds is 7. The van der Waals surface area contributed by atoms with Gasteiger partial charge >= 0.3 is 17.9 Å². The fraction of sp³-hybridized carbons (Fsp3) is 0.500. The van der Waals surface area contributed by atoms with Crippen LogP contribution in [0.15, 0.2) is 23.8 Å². The highest BCUT2D eigenvalue weighted by molar-refractivity contribution is 5.99. The van der Waals surface area contributed by atoms with Gasteiger partial charge in [-0.2, -0.15) is 0 Å². The third-order valence-corrected chi connectivity index (χ3v) is 3.31. The lowest BCUT2D eigenvalue weighted by Crippen LogP contribution is -2.23. The minimum Gasteiger partial charge on any atom is -0.478 e. The van der Waals surface area contributed by atoms with Gasteiger partial charge in [0.25, 0.3) is 0 Å². The molecule has 0 aromatic rings. The van der Waals surface area contributed by atoms with E-state index in [-0.39, 0.29) is 23.7 Å². The second-order valence-corrected chi connectivity index (χ2v) is 4.61. The standard InChI is InChI=1S/C14H18O6/c1-2-11(15)20-8-4-6-9-5-3-7-10(13(16)17)12(9)14(18)19/h2,9H,1,3-8H2,(H,16,17)(H,18,19). The van der Waals surface area contributed by atoms with Crippen LogP contribution in [-0.2, 0) is 19.1 Å². The second kappa shape index (κ2) is 7.47. The highest BCUT2D eigenvalue weighted by Crippen LogP contribution is 2.33. The summed E-state index contributed by atoms with van der Waals surface area (Å²) in [4.78, 5) is 33.2. The van der Waals surface area contributed by atoms with E-state index in [1.807, 2.05) is 0 Å². The third-order valence-electron chi connectivity index (χ3n) is 3.31. The molecule has 20 heavy (non-hydrogen) atoms. The lowest BCUT2D eigenvalue weighted by atomic mass is 9.80. The highest BCUT2D eigenvalue weighted by Gasteiger charge is 2.30. The van der Waals surface area contributed by atoms with Crippen LogP contribution in [0.2, 0.25) is 0 Å². The van der Waals surface area contributed by atoms with Crippen LogP contribution in [0.3, 0.4) is 0 Å². The van der Waals surface area contributed by atoms with Gasteiger partial charge in [0.05, 0.1) is 12.2 Å².